The van der Waals surface area contributed by atoms with Crippen LogP contribution in [0.3, 0.4) is 0 Å². The van der Waals surface area contributed by atoms with E-state index in [0.29, 0.717) is 6.61 Å². The van der Waals surface area contributed by atoms with Crippen molar-refractivity contribution >= 4 is 38.9 Å². The molecule has 0 aliphatic carbocycles. The van der Waals surface area contributed by atoms with E-state index in [4.69, 9.17) is 4.74 Å². The number of rotatable bonds is 4. The molecule has 0 saturated carbocycles. The van der Waals surface area contributed by atoms with Gasteiger partial charge in [-0.1, -0.05) is 15.9 Å². The van der Waals surface area contributed by atoms with Crippen LogP contribution in [0.1, 0.15) is 19.8 Å². The topological polar surface area (TPSA) is 29.5 Å². The number of hydrogen-bond donors (Lipinski definition) is 0. The van der Waals surface area contributed by atoms with E-state index in [1.807, 2.05) is 6.92 Å². The molecule has 0 aromatic heterocycles. The van der Waals surface area contributed by atoms with Crippen molar-refractivity contribution in [2.24, 2.45) is 5.92 Å². The van der Waals surface area contributed by atoms with Crippen molar-refractivity contribution in [2.75, 3.05) is 31.6 Å². The highest BCUT2D eigenvalue weighted by molar-refractivity contribution is 9.09. The van der Waals surface area contributed by atoms with Crippen molar-refractivity contribution in [2.45, 2.75) is 19.8 Å². The van der Waals surface area contributed by atoms with Gasteiger partial charge in [0.15, 0.2) is 0 Å². The van der Waals surface area contributed by atoms with Gasteiger partial charge in [0.1, 0.15) is 0 Å². The number of nitrogens with zero attached hydrogens (tertiary/aromatic N) is 1. The molecule has 1 aliphatic rings. The highest BCUT2D eigenvalue weighted by Gasteiger charge is 2.26. The van der Waals surface area contributed by atoms with E-state index >= 15 is 0 Å². The lowest BCUT2D eigenvalue weighted by molar-refractivity contribution is -0.149. The van der Waals surface area contributed by atoms with Crippen LogP contribution in [0.5, 0.6) is 0 Å². The molecule has 1 fully saturated rings. The summed E-state index contributed by atoms with van der Waals surface area (Å²) in [6.07, 6.45) is 2.09. The van der Waals surface area contributed by atoms with Crippen molar-refractivity contribution in [3.63, 3.8) is 0 Å². The zero-order valence-electron chi connectivity index (χ0n) is 9.08. The third-order valence-electron chi connectivity index (χ3n) is 2.53. The van der Waals surface area contributed by atoms with Crippen LogP contribution in [0, 0.1) is 5.92 Å². The first-order valence-corrected chi connectivity index (χ1v) is 6.35. The summed E-state index contributed by atoms with van der Waals surface area (Å²) in [7, 11) is 0. The molecular weight excluding hydrogens is 326 g/mol. The normalized spacial score (nSPS) is 21.9. The van der Waals surface area contributed by atoms with Gasteiger partial charge in [-0.3, -0.25) is 4.79 Å². The highest BCUT2D eigenvalue weighted by atomic mass is 79.9. The van der Waals surface area contributed by atoms with Gasteiger partial charge in [-0.2, -0.15) is 0 Å². The number of alkyl halides is 1. The first-order chi connectivity index (χ1) is 6.77. The number of likely N-dealkylation sites (tertiary alicyclic amines) is 1. The van der Waals surface area contributed by atoms with E-state index in [9.17, 15) is 4.79 Å². The molecule has 5 heteroatoms. The van der Waals surface area contributed by atoms with Crippen molar-refractivity contribution in [1.29, 1.82) is 0 Å². The van der Waals surface area contributed by atoms with E-state index in [-0.39, 0.29) is 28.9 Å². The van der Waals surface area contributed by atoms with Crippen LogP contribution < -0.4 is 0 Å². The molecule has 0 bridgehead atoms. The van der Waals surface area contributed by atoms with E-state index < -0.39 is 0 Å². The fourth-order valence-electron chi connectivity index (χ4n) is 1.83. The van der Waals surface area contributed by atoms with Gasteiger partial charge < -0.3 is 9.64 Å². The second-order valence-electron chi connectivity index (χ2n) is 3.58. The van der Waals surface area contributed by atoms with Crippen LogP contribution in [0.15, 0.2) is 0 Å². The largest absolute Gasteiger partial charge is 0.466 e. The molecule has 3 nitrogen and oxygen atoms in total. The summed E-state index contributed by atoms with van der Waals surface area (Å²) in [6, 6.07) is 0. The van der Waals surface area contributed by atoms with Crippen molar-refractivity contribution in [3.8, 4) is 0 Å². The summed E-state index contributed by atoms with van der Waals surface area (Å²) in [6.45, 7) is 5.35. The van der Waals surface area contributed by atoms with Crippen LogP contribution in [0.2, 0.25) is 0 Å². The second-order valence-corrected chi connectivity index (χ2v) is 4.37. The second kappa shape index (κ2) is 8.53. The summed E-state index contributed by atoms with van der Waals surface area (Å²) in [4.78, 5) is 13.8. The molecule has 0 aromatic carbocycles. The number of esters is 1. The van der Waals surface area contributed by atoms with E-state index in [2.05, 4.69) is 20.8 Å². The Labute approximate surface area is 110 Å². The SMILES string of the molecule is Br.CCOC(=O)C1CCCN(CCBr)C1. The lowest BCUT2D eigenvalue weighted by Crippen LogP contribution is -2.40. The van der Waals surface area contributed by atoms with Crippen LogP contribution in [-0.4, -0.2) is 42.4 Å². The highest BCUT2D eigenvalue weighted by Crippen LogP contribution is 2.17. The Balaban J connectivity index is 0.00000196. The number of halogens is 2. The molecule has 1 saturated heterocycles. The first kappa shape index (κ1) is 15.4. The molecule has 0 radical (unpaired) electrons. The summed E-state index contributed by atoms with van der Waals surface area (Å²) < 4.78 is 5.03. The van der Waals surface area contributed by atoms with Crippen LogP contribution in [0.4, 0.5) is 0 Å². The lowest BCUT2D eigenvalue weighted by atomic mass is 9.98. The lowest BCUT2D eigenvalue weighted by Gasteiger charge is -2.30. The zero-order valence-corrected chi connectivity index (χ0v) is 12.4. The van der Waals surface area contributed by atoms with Crippen LogP contribution in [0.25, 0.3) is 0 Å². The summed E-state index contributed by atoms with van der Waals surface area (Å²) >= 11 is 3.41. The van der Waals surface area contributed by atoms with E-state index in [1.54, 1.807) is 0 Å². The van der Waals surface area contributed by atoms with Gasteiger partial charge in [0.05, 0.1) is 12.5 Å². The minimum Gasteiger partial charge on any atom is -0.466 e. The number of ether oxygens (including phenoxy) is 1. The maximum atomic E-state index is 11.5. The van der Waals surface area contributed by atoms with E-state index in [1.165, 1.54) is 0 Å². The Bertz CT molecular complexity index is 188. The predicted molar refractivity (Wildman–Crippen MR) is 69.9 cm³/mol. The van der Waals surface area contributed by atoms with Gasteiger partial charge in [-0.15, -0.1) is 17.0 Å². The number of carbonyl (C=O) groups is 1. The molecule has 1 heterocycles. The smallest absolute Gasteiger partial charge is 0.310 e. The molecule has 0 spiro atoms. The van der Waals surface area contributed by atoms with Crippen molar-refractivity contribution in [3.05, 3.63) is 0 Å². The molecule has 90 valence electrons. The Morgan fingerprint density at radius 3 is 2.93 bits per heavy atom. The average molecular weight is 345 g/mol. The molecule has 0 aromatic rings. The summed E-state index contributed by atoms with van der Waals surface area (Å²) in [5.41, 5.74) is 0. The third kappa shape index (κ3) is 5.31. The Hall–Kier alpha value is 0.390. The number of piperidine rings is 1. The third-order valence-corrected chi connectivity index (χ3v) is 2.88. The quantitative estimate of drug-likeness (QED) is 0.578. The zero-order chi connectivity index (χ0) is 10.4. The van der Waals surface area contributed by atoms with Gasteiger partial charge in [-0.25, -0.2) is 0 Å². The summed E-state index contributed by atoms with van der Waals surface area (Å²) in [5, 5.41) is 0.975. The molecule has 15 heavy (non-hydrogen) atoms. The van der Waals surface area contributed by atoms with Gasteiger partial charge >= 0.3 is 5.97 Å². The minimum atomic E-state index is -0.0215. The number of carbonyl (C=O) groups excluding carboxylic acids is 1. The Morgan fingerprint density at radius 2 is 2.33 bits per heavy atom. The van der Waals surface area contributed by atoms with Gasteiger partial charge in [-0.05, 0) is 26.3 Å². The molecule has 0 amide bonds. The monoisotopic (exact) mass is 343 g/mol. The number of hydrogen-bond acceptors (Lipinski definition) is 3. The molecular formula is C10H19Br2NO2. The van der Waals surface area contributed by atoms with Gasteiger partial charge in [0, 0.05) is 18.4 Å². The van der Waals surface area contributed by atoms with Crippen molar-refractivity contribution < 1.29 is 9.53 Å². The maximum Gasteiger partial charge on any atom is 0.310 e. The minimum absolute atomic E-state index is 0. The fourth-order valence-corrected chi connectivity index (χ4v) is 2.33. The maximum absolute atomic E-state index is 11.5. The fraction of sp³-hybridized carbons (Fsp3) is 0.900. The molecule has 1 atom stereocenters. The molecule has 1 unspecified atom stereocenters. The predicted octanol–water partition coefficient (Wildman–Crippen LogP) is 2.23. The Kier molecular flexibility index (Phi) is 8.75. The molecule has 0 N–H and O–H groups in total. The standard InChI is InChI=1S/C10H18BrNO2.BrH/c1-2-14-10(13)9-4-3-6-12(8-9)7-5-11;/h9H,2-8H2,1H3;1H. The molecule has 1 rings (SSSR count). The Morgan fingerprint density at radius 1 is 1.60 bits per heavy atom. The van der Waals surface area contributed by atoms with Crippen LogP contribution >= 0.6 is 32.9 Å². The molecule has 1 aliphatic heterocycles. The first-order valence-electron chi connectivity index (χ1n) is 5.23. The van der Waals surface area contributed by atoms with E-state index in [0.717, 1.165) is 37.8 Å². The van der Waals surface area contributed by atoms with Crippen LogP contribution in [-0.2, 0) is 9.53 Å². The summed E-state index contributed by atoms with van der Waals surface area (Å²) in [5.74, 6) is 0.0783. The van der Waals surface area contributed by atoms with Gasteiger partial charge in [0.2, 0.25) is 0 Å². The van der Waals surface area contributed by atoms with Crippen molar-refractivity contribution in [1.82, 2.24) is 4.90 Å². The average Bonchev–Trinajstić information content (AvgIpc) is 2.19. The van der Waals surface area contributed by atoms with Gasteiger partial charge in [0.25, 0.3) is 0 Å².